The summed E-state index contributed by atoms with van der Waals surface area (Å²) in [5, 5.41) is 3.92. The highest BCUT2D eigenvalue weighted by molar-refractivity contribution is 7.20. The summed E-state index contributed by atoms with van der Waals surface area (Å²) in [7, 11) is 0. The third kappa shape index (κ3) is 8.79. The van der Waals surface area contributed by atoms with Crippen LogP contribution < -0.4 is 31.2 Å². The van der Waals surface area contributed by atoms with E-state index in [9.17, 15) is 62.3 Å². The number of Topliss-reactive ketones (excluding diaryl/α,β-unsaturated/α-hetero) is 1. The Labute approximate surface area is 415 Å². The molecule has 0 amide bonds. The van der Waals surface area contributed by atoms with E-state index in [1.54, 1.807) is 29.1 Å². The van der Waals surface area contributed by atoms with Crippen molar-refractivity contribution in [2.24, 2.45) is 0 Å². The van der Waals surface area contributed by atoms with E-state index in [0.29, 0.717) is 11.3 Å². The van der Waals surface area contributed by atoms with Crippen molar-refractivity contribution >= 4 is 61.3 Å². The maximum atomic E-state index is 15.4. The largest absolute Gasteiger partial charge is 0.418 e. The quantitative estimate of drug-likeness (QED) is 0.0166. The van der Waals surface area contributed by atoms with Crippen LogP contribution in [0.1, 0.15) is 20.8 Å². The van der Waals surface area contributed by atoms with Gasteiger partial charge < -0.3 is 4.74 Å². The van der Waals surface area contributed by atoms with Crippen LogP contribution in [0.25, 0.3) is 21.5 Å². The first-order chi connectivity index (χ1) is 36.4. The zero-order valence-electron chi connectivity index (χ0n) is 37.3. The monoisotopic (exact) mass is 1100 g/mol. The van der Waals surface area contributed by atoms with E-state index < -0.39 is 150 Å². The zero-order chi connectivity index (χ0) is 56.3. The molecule has 394 valence electrons. The van der Waals surface area contributed by atoms with Crippen LogP contribution in [0.2, 0.25) is 0 Å². The summed E-state index contributed by atoms with van der Waals surface area (Å²) < 4.78 is 301. The molecule has 0 N–H and O–H groups in total. The molecule has 0 radical (unpaired) electrons. The van der Waals surface area contributed by atoms with Crippen LogP contribution in [-0.4, -0.2) is 22.9 Å². The van der Waals surface area contributed by atoms with Gasteiger partial charge in [0, 0.05) is 10.9 Å². The van der Waals surface area contributed by atoms with E-state index in [2.05, 4.69) is 4.98 Å². The lowest BCUT2D eigenvalue weighted by Gasteiger charge is -2.44. The maximum absolute atomic E-state index is 15.4. The molecule has 0 atom stereocenters. The molecule has 0 saturated heterocycles. The molecule has 9 rings (SSSR count). The second-order valence-corrected chi connectivity index (χ2v) is 16.2. The third-order valence-corrected chi connectivity index (χ3v) is 12.1. The number of esters is 1. The molecule has 77 heavy (non-hydrogen) atoms. The summed E-state index contributed by atoms with van der Waals surface area (Å²) in [6.45, 7) is 0.00936. The molecule has 0 aliphatic carbocycles. The first-order valence-electron chi connectivity index (χ1n) is 21.2. The Balaban J connectivity index is 0.000000215. The SMILES string of the molecule is Fc1c(F)c(F)c([B-](c2c(F)c(F)c(F)c(F)c2F)(c2c(F)c(F)c(F)c(F)c2F)c2c(F)c(F)c(F)c(F)c2F)c(F)c1F.O=C(C[n+]1ccncc1C(=O)Oc1cc2ccccc2c2ccccc12)c1ccccc1. The van der Waals surface area contributed by atoms with Crippen molar-refractivity contribution in [2.75, 3.05) is 0 Å². The number of fused-ring (bicyclic) bond motifs is 3. The second-order valence-electron chi connectivity index (χ2n) is 16.2. The van der Waals surface area contributed by atoms with Crippen molar-refractivity contribution in [2.45, 2.75) is 6.54 Å². The van der Waals surface area contributed by atoms with E-state index in [1.807, 2.05) is 72.8 Å². The van der Waals surface area contributed by atoms with Crippen LogP contribution >= 0.6 is 0 Å². The molecule has 0 fully saturated rings. The number of ketones is 1. The van der Waals surface area contributed by atoms with Gasteiger partial charge in [0.1, 0.15) is 64.6 Å². The smallest absolute Gasteiger partial charge is 0.410 e. The number of ether oxygens (including phenoxy) is 1. The van der Waals surface area contributed by atoms with Gasteiger partial charge in [-0.2, -0.15) is 4.57 Å². The molecular formula is C51H19BF20N2O3. The van der Waals surface area contributed by atoms with Crippen molar-refractivity contribution in [1.82, 2.24) is 4.98 Å². The van der Waals surface area contributed by atoms with Crippen LogP contribution in [0.4, 0.5) is 87.8 Å². The molecule has 1 aromatic heterocycles. The van der Waals surface area contributed by atoms with Gasteiger partial charge in [-0.05, 0) is 22.2 Å². The van der Waals surface area contributed by atoms with Crippen molar-refractivity contribution in [3.05, 3.63) is 231 Å². The van der Waals surface area contributed by atoms with E-state index >= 15 is 35.1 Å². The molecule has 0 spiro atoms. The van der Waals surface area contributed by atoms with E-state index in [0.717, 1.165) is 21.5 Å². The summed E-state index contributed by atoms with van der Waals surface area (Å²) in [4.78, 5) is 29.9. The van der Waals surface area contributed by atoms with Crippen molar-refractivity contribution < 1.29 is 107 Å². The number of hydrogen-bond donors (Lipinski definition) is 0. The molecule has 0 unspecified atom stereocenters. The highest BCUT2D eigenvalue weighted by Gasteiger charge is 2.52. The Hall–Kier alpha value is -8.84. The predicted molar refractivity (Wildman–Crippen MR) is 231 cm³/mol. The summed E-state index contributed by atoms with van der Waals surface area (Å²) >= 11 is 0. The van der Waals surface area contributed by atoms with Gasteiger partial charge in [0.25, 0.3) is 0 Å². The Morgan fingerprint density at radius 2 is 0.753 bits per heavy atom. The van der Waals surface area contributed by atoms with Gasteiger partial charge in [-0.15, -0.1) is 21.9 Å². The van der Waals surface area contributed by atoms with Crippen LogP contribution in [0.3, 0.4) is 0 Å². The minimum atomic E-state index is -7.22. The standard InChI is InChI=1S/C27H19N2O3.C24BF20/c30-25(19-8-2-1-3-9-19)18-29-15-14-28-17-24(29)27(31)32-26-16-20-10-4-5-11-21(20)22-12-6-7-13-23(22)26;26-5-1(6(27)14(35)21(42)13(5)34)25(2-7(28)15(36)22(43)16(37)8(2)29,3-9(30)17(38)23(44)18(39)10(3)31)4-11(32)19(40)24(45)20(41)12(4)33/h1-17H,18H2;/q+1;-1. The molecule has 9 aromatic rings. The minimum Gasteiger partial charge on any atom is -0.418 e. The maximum Gasteiger partial charge on any atom is 0.410 e. The first-order valence-corrected chi connectivity index (χ1v) is 21.2. The lowest BCUT2D eigenvalue weighted by Crippen LogP contribution is -2.81. The van der Waals surface area contributed by atoms with Gasteiger partial charge in [0.05, 0.1) is 6.20 Å². The fraction of sp³-hybridized carbons (Fsp3) is 0.0196. The Morgan fingerprint density at radius 3 is 1.16 bits per heavy atom. The predicted octanol–water partition coefficient (Wildman–Crippen LogP) is 10.6. The molecule has 0 bridgehead atoms. The Morgan fingerprint density at radius 1 is 0.416 bits per heavy atom. The number of carbonyl (C=O) groups is 2. The number of hydrogen-bond acceptors (Lipinski definition) is 4. The van der Waals surface area contributed by atoms with Crippen molar-refractivity contribution in [1.29, 1.82) is 0 Å². The topological polar surface area (TPSA) is 60.1 Å². The van der Waals surface area contributed by atoms with Gasteiger partial charge in [-0.25, -0.2) is 92.6 Å². The number of carbonyl (C=O) groups excluding carboxylic acids is 2. The van der Waals surface area contributed by atoms with Crippen molar-refractivity contribution in [3.8, 4) is 5.75 Å². The third-order valence-electron chi connectivity index (χ3n) is 12.1. The summed E-state index contributed by atoms with van der Waals surface area (Å²) in [5.41, 5.74) is -13.5. The average Bonchev–Trinajstić information content (AvgIpc) is 3.58. The van der Waals surface area contributed by atoms with Crippen LogP contribution in [0.5, 0.6) is 5.75 Å². The highest BCUT2D eigenvalue weighted by Crippen LogP contribution is 2.35. The normalized spacial score (nSPS) is 11.5. The van der Waals surface area contributed by atoms with Crippen LogP contribution in [0.15, 0.2) is 104 Å². The zero-order valence-corrected chi connectivity index (χ0v) is 37.3. The lowest BCUT2D eigenvalue weighted by atomic mass is 9.12. The molecule has 0 aliphatic rings. The molecule has 5 nitrogen and oxygen atoms in total. The molecular weight excluding hydrogens is 1080 g/mol. The van der Waals surface area contributed by atoms with E-state index in [-0.39, 0.29) is 18.0 Å². The molecule has 0 aliphatic heterocycles. The fourth-order valence-electron chi connectivity index (χ4n) is 8.70. The van der Waals surface area contributed by atoms with E-state index in [1.165, 1.54) is 6.20 Å². The molecule has 8 aromatic carbocycles. The van der Waals surface area contributed by atoms with Gasteiger partial charge in [0.2, 0.25) is 12.3 Å². The summed E-state index contributed by atoms with van der Waals surface area (Å²) in [6, 6.07) is 26.6. The number of aromatic nitrogens is 2. The molecule has 26 heteroatoms. The van der Waals surface area contributed by atoms with Crippen LogP contribution in [0, 0.1) is 116 Å². The number of nitrogens with zero attached hydrogens (tertiary/aromatic N) is 2. The Kier molecular flexibility index (Phi) is 14.6. The number of halogens is 20. The number of benzene rings is 8. The van der Waals surface area contributed by atoms with Crippen molar-refractivity contribution in [3.63, 3.8) is 0 Å². The molecule has 1 heterocycles. The van der Waals surface area contributed by atoms with Gasteiger partial charge in [-0.1, -0.05) is 78.9 Å². The number of rotatable bonds is 9. The fourth-order valence-corrected chi connectivity index (χ4v) is 8.70. The summed E-state index contributed by atoms with van der Waals surface area (Å²) in [5.74, 6) is -71.6. The lowest BCUT2D eigenvalue weighted by molar-refractivity contribution is -0.686. The van der Waals surface area contributed by atoms with Gasteiger partial charge in [0.15, 0.2) is 76.0 Å². The Bertz CT molecular complexity index is 3560. The van der Waals surface area contributed by atoms with Crippen LogP contribution in [-0.2, 0) is 6.54 Å². The van der Waals surface area contributed by atoms with E-state index in [4.69, 9.17) is 4.74 Å². The minimum absolute atomic E-state index is 0.00936. The summed E-state index contributed by atoms with van der Waals surface area (Å²) in [6.07, 6.45) is -2.65. The van der Waals surface area contributed by atoms with Gasteiger partial charge in [-0.3, -0.25) is 9.78 Å². The average molecular weight is 1100 g/mol. The second kappa shape index (κ2) is 20.7. The molecule has 0 saturated carbocycles. The van der Waals surface area contributed by atoms with Gasteiger partial charge >= 0.3 is 11.7 Å². The first kappa shape index (κ1) is 54.4. The highest BCUT2D eigenvalue weighted by atomic mass is 19.2.